The zero-order valence-electron chi connectivity index (χ0n) is 13.8. The number of hydrogen-bond donors (Lipinski definition) is 0. The van der Waals surface area contributed by atoms with Gasteiger partial charge in [-0.1, -0.05) is 30.3 Å². The van der Waals surface area contributed by atoms with Crippen molar-refractivity contribution in [2.75, 3.05) is 18.8 Å². The summed E-state index contributed by atoms with van der Waals surface area (Å²) in [5.41, 5.74) is -0.690. The van der Waals surface area contributed by atoms with Crippen LogP contribution in [0.5, 0.6) is 0 Å². The third kappa shape index (κ3) is 4.03. The maximum Gasteiger partial charge on any atom is 0.417 e. The van der Waals surface area contributed by atoms with E-state index in [0.29, 0.717) is 24.3 Å². The standard InChI is InChI=1S/C19H17F4NOS/c20-16-8-4-2-6-14(16)17-9-10-24(11-12-26-17)18(25)13-5-1-3-7-15(13)19(21,22)23/h1-8,17H,9-12H2. The molecule has 1 heterocycles. The highest BCUT2D eigenvalue weighted by molar-refractivity contribution is 7.99. The molecule has 1 aliphatic rings. The van der Waals surface area contributed by atoms with Gasteiger partial charge >= 0.3 is 6.18 Å². The van der Waals surface area contributed by atoms with Gasteiger partial charge in [0.2, 0.25) is 0 Å². The van der Waals surface area contributed by atoms with E-state index in [-0.39, 0.29) is 23.2 Å². The summed E-state index contributed by atoms with van der Waals surface area (Å²) in [5.74, 6) is -0.390. The first-order valence-corrected chi connectivity index (χ1v) is 9.24. The minimum absolute atomic E-state index is 0.119. The van der Waals surface area contributed by atoms with Gasteiger partial charge in [-0.15, -0.1) is 0 Å². The molecule has 138 valence electrons. The lowest BCUT2D eigenvalue weighted by Gasteiger charge is -2.22. The van der Waals surface area contributed by atoms with Crippen LogP contribution in [0.4, 0.5) is 17.6 Å². The highest BCUT2D eigenvalue weighted by Crippen LogP contribution is 2.37. The second kappa shape index (κ2) is 7.70. The molecular formula is C19H17F4NOS. The molecule has 0 aromatic heterocycles. The Morgan fingerprint density at radius 1 is 1.04 bits per heavy atom. The predicted octanol–water partition coefficient (Wildman–Crippen LogP) is 5.16. The topological polar surface area (TPSA) is 20.3 Å². The van der Waals surface area contributed by atoms with Gasteiger partial charge in [0.1, 0.15) is 5.82 Å². The molecule has 3 rings (SSSR count). The van der Waals surface area contributed by atoms with E-state index in [1.54, 1.807) is 18.2 Å². The molecule has 0 aliphatic carbocycles. The zero-order chi connectivity index (χ0) is 18.7. The van der Waals surface area contributed by atoms with Crippen molar-refractivity contribution in [2.24, 2.45) is 0 Å². The van der Waals surface area contributed by atoms with Crippen LogP contribution in [0, 0.1) is 5.82 Å². The molecule has 1 fully saturated rings. The van der Waals surface area contributed by atoms with Gasteiger partial charge in [-0.2, -0.15) is 24.9 Å². The highest BCUT2D eigenvalue weighted by atomic mass is 32.2. The number of carbonyl (C=O) groups excluding carboxylic acids is 1. The molecule has 1 atom stereocenters. The summed E-state index contributed by atoms with van der Waals surface area (Å²) < 4.78 is 53.5. The summed E-state index contributed by atoms with van der Waals surface area (Å²) in [6.07, 6.45) is -4.09. The van der Waals surface area contributed by atoms with Gasteiger partial charge in [0.15, 0.2) is 0 Å². The first kappa shape index (κ1) is 18.8. The van der Waals surface area contributed by atoms with Crippen molar-refractivity contribution in [1.82, 2.24) is 4.90 Å². The fourth-order valence-corrected chi connectivity index (χ4v) is 4.30. The van der Waals surface area contributed by atoms with E-state index in [9.17, 15) is 22.4 Å². The zero-order valence-corrected chi connectivity index (χ0v) is 14.6. The molecule has 26 heavy (non-hydrogen) atoms. The Bertz CT molecular complexity index is 793. The largest absolute Gasteiger partial charge is 0.417 e. The van der Waals surface area contributed by atoms with Gasteiger partial charge in [0.25, 0.3) is 5.91 Å². The molecule has 7 heteroatoms. The first-order valence-electron chi connectivity index (χ1n) is 8.19. The number of hydrogen-bond acceptors (Lipinski definition) is 2. The van der Waals surface area contributed by atoms with E-state index < -0.39 is 17.6 Å². The number of rotatable bonds is 2. The van der Waals surface area contributed by atoms with Crippen molar-refractivity contribution in [3.05, 3.63) is 71.0 Å². The van der Waals surface area contributed by atoms with Gasteiger partial charge < -0.3 is 4.90 Å². The summed E-state index contributed by atoms with van der Waals surface area (Å²) in [6.45, 7) is 0.623. The molecule has 0 bridgehead atoms. The monoisotopic (exact) mass is 383 g/mol. The van der Waals surface area contributed by atoms with Crippen LogP contribution in [0.15, 0.2) is 48.5 Å². The first-order chi connectivity index (χ1) is 12.4. The van der Waals surface area contributed by atoms with Gasteiger partial charge in [-0.25, -0.2) is 4.39 Å². The van der Waals surface area contributed by atoms with Crippen LogP contribution in [0.3, 0.4) is 0 Å². The second-order valence-electron chi connectivity index (χ2n) is 6.01. The Morgan fingerprint density at radius 2 is 1.73 bits per heavy atom. The molecule has 0 saturated carbocycles. The van der Waals surface area contributed by atoms with Crippen molar-refractivity contribution >= 4 is 17.7 Å². The Kier molecular flexibility index (Phi) is 5.55. The van der Waals surface area contributed by atoms with E-state index in [4.69, 9.17) is 0 Å². The van der Waals surface area contributed by atoms with Crippen LogP contribution in [0.1, 0.15) is 33.2 Å². The lowest BCUT2D eigenvalue weighted by Crippen LogP contribution is -2.34. The number of thioether (sulfide) groups is 1. The molecule has 1 aliphatic heterocycles. The quantitative estimate of drug-likeness (QED) is 0.668. The lowest BCUT2D eigenvalue weighted by molar-refractivity contribution is -0.138. The van der Waals surface area contributed by atoms with Gasteiger partial charge in [-0.05, 0) is 24.6 Å². The minimum atomic E-state index is -4.58. The molecule has 0 N–H and O–H groups in total. The number of carbonyl (C=O) groups is 1. The highest BCUT2D eigenvalue weighted by Gasteiger charge is 2.36. The molecule has 1 unspecified atom stereocenters. The SMILES string of the molecule is O=C(c1ccccc1C(F)(F)F)N1CCSC(c2ccccc2F)CC1. The van der Waals surface area contributed by atoms with Crippen molar-refractivity contribution in [2.45, 2.75) is 17.8 Å². The maximum atomic E-state index is 14.0. The Labute approximate surface area is 153 Å². The van der Waals surface area contributed by atoms with Crippen LogP contribution < -0.4 is 0 Å². The van der Waals surface area contributed by atoms with Crippen LogP contribution >= 0.6 is 11.8 Å². The molecule has 0 spiro atoms. The van der Waals surface area contributed by atoms with Crippen LogP contribution in [-0.4, -0.2) is 29.6 Å². The van der Waals surface area contributed by atoms with E-state index >= 15 is 0 Å². The van der Waals surface area contributed by atoms with Gasteiger partial charge in [0, 0.05) is 29.7 Å². The third-order valence-corrected chi connectivity index (χ3v) is 5.65. The van der Waals surface area contributed by atoms with Crippen LogP contribution in [-0.2, 0) is 6.18 Å². The van der Waals surface area contributed by atoms with Crippen molar-refractivity contribution < 1.29 is 22.4 Å². The summed E-state index contributed by atoms with van der Waals surface area (Å²) in [5, 5.41) is -0.119. The summed E-state index contributed by atoms with van der Waals surface area (Å²) in [6, 6.07) is 11.3. The Balaban J connectivity index is 1.78. The van der Waals surface area contributed by atoms with Crippen LogP contribution in [0.2, 0.25) is 0 Å². The van der Waals surface area contributed by atoms with E-state index in [2.05, 4.69) is 0 Å². The average Bonchev–Trinajstić information content (AvgIpc) is 2.87. The van der Waals surface area contributed by atoms with Crippen molar-refractivity contribution in [1.29, 1.82) is 0 Å². The van der Waals surface area contributed by atoms with Crippen LogP contribution in [0.25, 0.3) is 0 Å². The third-order valence-electron chi connectivity index (χ3n) is 4.34. The van der Waals surface area contributed by atoms with Crippen molar-refractivity contribution in [3.8, 4) is 0 Å². The number of alkyl halides is 3. The van der Waals surface area contributed by atoms with Gasteiger partial charge in [-0.3, -0.25) is 4.79 Å². The Morgan fingerprint density at radius 3 is 2.46 bits per heavy atom. The molecular weight excluding hydrogens is 366 g/mol. The van der Waals surface area contributed by atoms with Gasteiger partial charge in [0.05, 0.1) is 11.1 Å². The summed E-state index contributed by atoms with van der Waals surface area (Å²) >= 11 is 1.52. The Hall–Kier alpha value is -2.02. The predicted molar refractivity (Wildman–Crippen MR) is 93.6 cm³/mol. The fraction of sp³-hybridized carbons (Fsp3) is 0.316. The molecule has 0 radical (unpaired) electrons. The maximum absolute atomic E-state index is 14.0. The smallest absolute Gasteiger partial charge is 0.338 e. The minimum Gasteiger partial charge on any atom is -0.338 e. The number of benzene rings is 2. The fourth-order valence-electron chi connectivity index (χ4n) is 3.05. The van der Waals surface area contributed by atoms with E-state index in [1.165, 1.54) is 40.9 Å². The van der Waals surface area contributed by atoms with E-state index in [0.717, 1.165) is 6.07 Å². The number of nitrogens with zero attached hydrogens (tertiary/aromatic N) is 1. The number of amides is 1. The van der Waals surface area contributed by atoms with Crippen molar-refractivity contribution in [3.63, 3.8) is 0 Å². The van der Waals surface area contributed by atoms with E-state index in [1.807, 2.05) is 0 Å². The number of halogens is 4. The normalized spacial score (nSPS) is 18.5. The summed E-state index contributed by atoms with van der Waals surface area (Å²) in [4.78, 5) is 14.1. The molecule has 1 amide bonds. The molecule has 1 saturated heterocycles. The molecule has 2 nitrogen and oxygen atoms in total. The molecule has 2 aromatic carbocycles. The average molecular weight is 383 g/mol. The molecule has 2 aromatic rings. The summed E-state index contributed by atoms with van der Waals surface area (Å²) in [7, 11) is 0. The second-order valence-corrected chi connectivity index (χ2v) is 7.32. The lowest BCUT2D eigenvalue weighted by atomic mass is 10.0.